The first-order chi connectivity index (χ1) is 12.1. The van der Waals surface area contributed by atoms with Gasteiger partial charge in [0.15, 0.2) is 5.69 Å². The van der Waals surface area contributed by atoms with Crippen LogP contribution < -0.4 is 16.5 Å². The van der Waals surface area contributed by atoms with E-state index in [0.29, 0.717) is 12.1 Å². The van der Waals surface area contributed by atoms with Crippen molar-refractivity contribution in [3.05, 3.63) is 57.5 Å². The molecule has 0 aliphatic carbocycles. The number of halogens is 3. The summed E-state index contributed by atoms with van der Waals surface area (Å²) in [4.78, 5) is 24.2. The minimum Gasteiger partial charge on any atom is -0.350 e. The van der Waals surface area contributed by atoms with Crippen LogP contribution >= 0.6 is 0 Å². The summed E-state index contributed by atoms with van der Waals surface area (Å²) in [5, 5.41) is 6.49. The average Bonchev–Trinajstić information content (AvgIpc) is 2.53. The first kappa shape index (κ1) is 19.6. The van der Waals surface area contributed by atoms with E-state index in [1.807, 2.05) is 0 Å². The molecule has 1 amide bonds. The molecule has 1 unspecified atom stereocenters. The maximum atomic E-state index is 12.9. The van der Waals surface area contributed by atoms with Gasteiger partial charge in [0.05, 0.1) is 11.3 Å². The molecular weight excluding hydrogens is 349 g/mol. The normalized spacial score (nSPS) is 12.7. The molecule has 1 heterocycles. The minimum absolute atomic E-state index is 0.0990. The van der Waals surface area contributed by atoms with Crippen molar-refractivity contribution in [2.24, 2.45) is 5.73 Å². The summed E-state index contributed by atoms with van der Waals surface area (Å²) in [5.41, 5.74) is 4.15. The van der Waals surface area contributed by atoms with Crippen LogP contribution in [-0.4, -0.2) is 28.3 Å². The van der Waals surface area contributed by atoms with E-state index in [2.05, 4.69) is 10.4 Å². The summed E-state index contributed by atoms with van der Waals surface area (Å²) in [5.74, 6) is -0.698. The number of rotatable bonds is 5. The molecule has 0 saturated heterocycles. The standard InChI is InChI=1S/C17H19F3N4O2/c1-10(21)6-7-22-16(26)15-14(25)8-11(2)24(23-15)13-5-3-4-12(9-13)17(18,19)20/h3-5,8-10H,6-7,21H2,1-2H3,(H,22,26). The van der Waals surface area contributed by atoms with E-state index in [4.69, 9.17) is 5.73 Å². The van der Waals surface area contributed by atoms with E-state index >= 15 is 0 Å². The molecule has 0 bridgehead atoms. The fourth-order valence-corrected chi connectivity index (χ4v) is 2.28. The quantitative estimate of drug-likeness (QED) is 0.845. The fourth-order valence-electron chi connectivity index (χ4n) is 2.28. The van der Waals surface area contributed by atoms with Crippen LogP contribution in [0.4, 0.5) is 13.2 Å². The SMILES string of the molecule is Cc1cc(=O)c(C(=O)NCCC(C)N)nn1-c1cccc(C(F)(F)F)c1. The third-order valence-electron chi connectivity index (χ3n) is 3.63. The first-order valence-corrected chi connectivity index (χ1v) is 7.92. The Morgan fingerprint density at radius 2 is 2.04 bits per heavy atom. The lowest BCUT2D eigenvalue weighted by atomic mass is 10.2. The van der Waals surface area contributed by atoms with Crippen LogP contribution in [0.15, 0.2) is 35.1 Å². The number of amides is 1. The van der Waals surface area contributed by atoms with Gasteiger partial charge in [-0.1, -0.05) is 6.07 Å². The highest BCUT2D eigenvalue weighted by Gasteiger charge is 2.30. The zero-order valence-corrected chi connectivity index (χ0v) is 14.3. The molecule has 0 spiro atoms. The molecule has 0 saturated carbocycles. The van der Waals surface area contributed by atoms with Crippen LogP contribution in [0.5, 0.6) is 0 Å². The summed E-state index contributed by atoms with van der Waals surface area (Å²) in [6.07, 6.45) is -4.00. The van der Waals surface area contributed by atoms with Crippen LogP contribution in [0.3, 0.4) is 0 Å². The van der Waals surface area contributed by atoms with Gasteiger partial charge in [0, 0.05) is 24.3 Å². The second kappa shape index (κ2) is 7.69. The van der Waals surface area contributed by atoms with Gasteiger partial charge < -0.3 is 11.1 Å². The molecule has 9 heteroatoms. The Labute approximate surface area is 147 Å². The van der Waals surface area contributed by atoms with Gasteiger partial charge in [-0.2, -0.15) is 18.3 Å². The molecule has 1 aromatic heterocycles. The molecule has 140 valence electrons. The highest BCUT2D eigenvalue weighted by Crippen LogP contribution is 2.30. The number of nitrogens with two attached hydrogens (primary N) is 1. The summed E-state index contributed by atoms with van der Waals surface area (Å²) in [6, 6.07) is 5.53. The van der Waals surface area contributed by atoms with E-state index < -0.39 is 28.8 Å². The van der Waals surface area contributed by atoms with Gasteiger partial charge in [-0.3, -0.25) is 9.59 Å². The van der Waals surface area contributed by atoms with E-state index in [1.54, 1.807) is 6.92 Å². The molecule has 1 aromatic carbocycles. The predicted octanol–water partition coefficient (Wildman–Crippen LogP) is 2.03. The lowest BCUT2D eigenvalue weighted by Crippen LogP contribution is -2.34. The van der Waals surface area contributed by atoms with Crippen molar-refractivity contribution in [1.82, 2.24) is 15.1 Å². The Bertz CT molecular complexity index is 860. The molecule has 3 N–H and O–H groups in total. The molecule has 26 heavy (non-hydrogen) atoms. The minimum atomic E-state index is -4.51. The number of carbonyl (C=O) groups is 1. The molecule has 0 aliphatic rings. The van der Waals surface area contributed by atoms with Gasteiger partial charge in [0.2, 0.25) is 5.43 Å². The number of nitrogens with one attached hydrogen (secondary N) is 1. The van der Waals surface area contributed by atoms with Crippen LogP contribution in [0.25, 0.3) is 5.69 Å². The van der Waals surface area contributed by atoms with Gasteiger partial charge in [0.25, 0.3) is 5.91 Å². The summed E-state index contributed by atoms with van der Waals surface area (Å²) in [6.45, 7) is 3.55. The highest BCUT2D eigenvalue weighted by atomic mass is 19.4. The third kappa shape index (κ3) is 4.69. The molecule has 1 atom stereocenters. The van der Waals surface area contributed by atoms with Crippen molar-refractivity contribution in [3.8, 4) is 5.69 Å². The number of hydrogen-bond donors (Lipinski definition) is 2. The largest absolute Gasteiger partial charge is 0.416 e. The predicted molar refractivity (Wildman–Crippen MR) is 90.2 cm³/mol. The Morgan fingerprint density at radius 3 is 2.65 bits per heavy atom. The summed E-state index contributed by atoms with van der Waals surface area (Å²) < 4.78 is 39.9. The number of aryl methyl sites for hydroxylation is 1. The fraction of sp³-hybridized carbons (Fsp3) is 0.353. The number of aromatic nitrogens is 2. The molecule has 0 radical (unpaired) electrons. The second-order valence-corrected chi connectivity index (χ2v) is 5.98. The average molecular weight is 368 g/mol. The van der Waals surface area contributed by atoms with Gasteiger partial charge in [-0.15, -0.1) is 0 Å². The summed E-state index contributed by atoms with van der Waals surface area (Å²) in [7, 11) is 0. The second-order valence-electron chi connectivity index (χ2n) is 5.98. The first-order valence-electron chi connectivity index (χ1n) is 7.92. The van der Waals surface area contributed by atoms with Crippen molar-refractivity contribution < 1.29 is 18.0 Å². The van der Waals surface area contributed by atoms with E-state index in [9.17, 15) is 22.8 Å². The van der Waals surface area contributed by atoms with Crippen LogP contribution in [0, 0.1) is 6.92 Å². The molecule has 0 aliphatic heterocycles. The maximum absolute atomic E-state index is 12.9. The van der Waals surface area contributed by atoms with Crippen molar-refractivity contribution >= 4 is 5.91 Å². The number of nitrogens with zero attached hydrogens (tertiary/aromatic N) is 2. The zero-order valence-electron chi connectivity index (χ0n) is 14.3. The van der Waals surface area contributed by atoms with E-state index in [0.717, 1.165) is 22.9 Å². The molecular formula is C17H19F3N4O2. The van der Waals surface area contributed by atoms with Gasteiger partial charge in [-0.05, 0) is 38.5 Å². The van der Waals surface area contributed by atoms with Crippen molar-refractivity contribution in [2.75, 3.05) is 6.54 Å². The topological polar surface area (TPSA) is 90.0 Å². The van der Waals surface area contributed by atoms with Gasteiger partial charge in [0.1, 0.15) is 0 Å². The van der Waals surface area contributed by atoms with Crippen molar-refractivity contribution in [1.29, 1.82) is 0 Å². The van der Waals surface area contributed by atoms with Gasteiger partial charge >= 0.3 is 6.18 Å². The van der Waals surface area contributed by atoms with Crippen molar-refractivity contribution in [3.63, 3.8) is 0 Å². The lowest BCUT2D eigenvalue weighted by molar-refractivity contribution is -0.137. The Hall–Kier alpha value is -2.68. The smallest absolute Gasteiger partial charge is 0.350 e. The highest BCUT2D eigenvalue weighted by molar-refractivity contribution is 5.92. The zero-order chi connectivity index (χ0) is 19.5. The summed E-state index contributed by atoms with van der Waals surface area (Å²) >= 11 is 0. The number of benzene rings is 1. The maximum Gasteiger partial charge on any atom is 0.416 e. The Kier molecular flexibility index (Phi) is 5.81. The van der Waals surface area contributed by atoms with Crippen LogP contribution in [-0.2, 0) is 6.18 Å². The number of hydrogen-bond acceptors (Lipinski definition) is 4. The Balaban J connectivity index is 2.39. The van der Waals surface area contributed by atoms with Crippen LogP contribution in [0.1, 0.15) is 35.1 Å². The molecule has 0 fully saturated rings. The lowest BCUT2D eigenvalue weighted by Gasteiger charge is -2.13. The van der Waals surface area contributed by atoms with E-state index in [-0.39, 0.29) is 18.3 Å². The Morgan fingerprint density at radius 1 is 1.35 bits per heavy atom. The van der Waals surface area contributed by atoms with Crippen LogP contribution in [0.2, 0.25) is 0 Å². The number of alkyl halides is 3. The van der Waals surface area contributed by atoms with Crippen molar-refractivity contribution in [2.45, 2.75) is 32.5 Å². The molecule has 2 aromatic rings. The van der Waals surface area contributed by atoms with E-state index in [1.165, 1.54) is 19.1 Å². The molecule has 2 rings (SSSR count). The third-order valence-corrected chi connectivity index (χ3v) is 3.63. The number of carbonyl (C=O) groups excluding carboxylic acids is 1. The van der Waals surface area contributed by atoms with Gasteiger partial charge in [-0.25, -0.2) is 4.68 Å². The monoisotopic (exact) mass is 368 g/mol. The molecule has 6 nitrogen and oxygen atoms in total.